The molecule has 0 aliphatic rings. The van der Waals surface area contributed by atoms with Crippen LogP contribution in [0, 0.1) is 5.82 Å². The highest BCUT2D eigenvalue weighted by atomic mass is 79.9. The van der Waals surface area contributed by atoms with Gasteiger partial charge < -0.3 is 56.9 Å². The lowest BCUT2D eigenvalue weighted by molar-refractivity contribution is -0.112. The molecule has 1 N–H and O–H groups in total. The Balaban J connectivity index is 0.000000173. The molecule has 0 radical (unpaired) electrons. The molecule has 8 aromatic heterocycles. The van der Waals surface area contributed by atoms with Crippen molar-refractivity contribution >= 4 is 56.0 Å². The van der Waals surface area contributed by atoms with Gasteiger partial charge in [0.15, 0.2) is 24.2 Å². The van der Waals surface area contributed by atoms with Gasteiger partial charge >= 0.3 is 0 Å². The number of imidazole rings is 4. The molecule has 26 heteroatoms. The standard InChI is InChI=1S/C19H22N4O.C17H15N3O2.C12H10BrNO.C12H16N4O.C7H11BrN2O2.C7H4ClFO/c1-22(2)13-19-21-12-18(23(19)3)17-10-9-16(11-20-17)24-14-15-7-5-4-6-8-15;1-20-16(10-19-17(20)11-21)15-8-7-14(9-18-15)22-12-13-5-3-2-4-6-13;13-12-7-6-11(8-14-12)15-9-10-4-2-1-3-5-10;1-15(2)8-12-14-7-11(16(12)3)10-5-4-9(17)6-13-10;1-10-5(8)4-9-6(10)7(11-2)12-3;8-6-2-1-5(4-10)7(9)3-6/h4-12H,13-14H2,1-3H3;2-11H,12H2,1H3;1-8H,9H2;4-7,17H,8H2,1-3H3;4,7H,1-3H3;1-4H. The molecular weight excluding hydrogens is 1430 g/mol. The van der Waals surface area contributed by atoms with Crippen LogP contribution in [0.15, 0.2) is 217 Å². The van der Waals surface area contributed by atoms with Crippen molar-refractivity contribution in [3.05, 3.63) is 273 Å². The molecule has 22 nitrogen and oxygen atoms in total. The molecule has 0 bridgehead atoms. The number of hydrogen-bond donors (Lipinski definition) is 1. The van der Waals surface area contributed by atoms with Crippen molar-refractivity contribution in [1.29, 1.82) is 0 Å². The third-order valence-corrected chi connectivity index (χ3v) is 15.8. The number of rotatable bonds is 21. The quantitative estimate of drug-likeness (QED) is 0.0400. The summed E-state index contributed by atoms with van der Waals surface area (Å²) in [6.07, 6.45) is 14.4. The molecule has 0 fully saturated rings. The Morgan fingerprint density at radius 2 is 0.920 bits per heavy atom. The molecule has 0 saturated heterocycles. The summed E-state index contributed by atoms with van der Waals surface area (Å²) >= 11 is 12.0. The van der Waals surface area contributed by atoms with Gasteiger partial charge in [-0.2, -0.15) is 0 Å². The smallest absolute Gasteiger partial charge is 0.216 e. The van der Waals surface area contributed by atoms with Gasteiger partial charge in [-0.3, -0.25) is 24.5 Å². The Bertz CT molecular complexity index is 4390. The Labute approximate surface area is 602 Å². The third kappa shape index (κ3) is 24.1. The van der Waals surface area contributed by atoms with E-state index in [2.05, 4.69) is 86.1 Å². The maximum absolute atomic E-state index is 12.5. The van der Waals surface area contributed by atoms with Gasteiger partial charge in [0.2, 0.25) is 6.29 Å². The van der Waals surface area contributed by atoms with Gasteiger partial charge in [-0.05, 0) is 143 Å². The van der Waals surface area contributed by atoms with Crippen molar-refractivity contribution in [1.82, 2.24) is 67.9 Å². The van der Waals surface area contributed by atoms with E-state index in [9.17, 15) is 19.1 Å². The van der Waals surface area contributed by atoms with Gasteiger partial charge in [-0.15, -0.1) is 0 Å². The molecule has 8 heterocycles. The van der Waals surface area contributed by atoms with E-state index in [1.54, 1.807) is 75.1 Å². The van der Waals surface area contributed by atoms with E-state index in [1.165, 1.54) is 18.3 Å². The Hall–Kier alpha value is -10.1. The van der Waals surface area contributed by atoms with E-state index >= 15 is 0 Å². The fourth-order valence-electron chi connectivity index (χ4n) is 8.97. The van der Waals surface area contributed by atoms with E-state index in [0.717, 1.165) is 114 Å². The van der Waals surface area contributed by atoms with Crippen molar-refractivity contribution in [3.8, 4) is 57.2 Å². The van der Waals surface area contributed by atoms with E-state index in [0.29, 0.717) is 42.7 Å². The molecule has 100 heavy (non-hydrogen) atoms. The highest BCUT2D eigenvalue weighted by Crippen LogP contribution is 2.25. The molecule has 0 amide bonds. The third-order valence-electron chi connectivity index (χ3n) is 14.4. The Morgan fingerprint density at radius 1 is 0.490 bits per heavy atom. The summed E-state index contributed by atoms with van der Waals surface area (Å²) in [7, 11) is 18.9. The topological polar surface area (TPSA) is 230 Å². The molecule has 12 rings (SSSR count). The number of nitrogens with zero attached hydrogens (tertiary/aromatic N) is 14. The number of aromatic hydroxyl groups is 1. The van der Waals surface area contributed by atoms with Gasteiger partial charge in [-0.1, -0.05) is 103 Å². The molecule has 0 aliphatic heterocycles. The summed E-state index contributed by atoms with van der Waals surface area (Å²) in [5.41, 5.74) is 8.61. The molecule has 0 unspecified atom stereocenters. The van der Waals surface area contributed by atoms with Crippen molar-refractivity contribution in [3.63, 3.8) is 0 Å². The molecule has 0 saturated carbocycles. The predicted molar refractivity (Wildman–Crippen MR) is 390 cm³/mol. The summed E-state index contributed by atoms with van der Waals surface area (Å²) in [6, 6.07) is 48.8. The number of pyridine rings is 4. The summed E-state index contributed by atoms with van der Waals surface area (Å²) < 4.78 is 49.1. The van der Waals surface area contributed by atoms with Crippen molar-refractivity contribution in [2.45, 2.75) is 39.2 Å². The average Bonchev–Trinajstić information content (AvgIpc) is 1.68. The minimum Gasteiger partial charge on any atom is -0.506 e. The van der Waals surface area contributed by atoms with Crippen molar-refractivity contribution < 1.29 is 42.8 Å². The van der Waals surface area contributed by atoms with Crippen LogP contribution in [0.3, 0.4) is 0 Å². The van der Waals surface area contributed by atoms with Crippen LogP contribution in [0.4, 0.5) is 4.39 Å². The second kappa shape index (κ2) is 40.1. The van der Waals surface area contributed by atoms with Crippen molar-refractivity contribution in [2.24, 2.45) is 28.2 Å². The molecule has 0 atom stereocenters. The fraction of sp³-hybridized carbons (Fsp3) is 0.216. The first-order chi connectivity index (χ1) is 48.3. The summed E-state index contributed by atoms with van der Waals surface area (Å²) in [6.45, 7) is 3.21. The van der Waals surface area contributed by atoms with Crippen LogP contribution in [-0.4, -0.2) is 128 Å². The fourth-order valence-corrected chi connectivity index (χ4v) is 9.65. The zero-order valence-corrected chi connectivity index (χ0v) is 60.9. The maximum Gasteiger partial charge on any atom is 0.216 e. The van der Waals surface area contributed by atoms with Crippen LogP contribution in [0.5, 0.6) is 23.0 Å². The molecule has 12 aromatic rings. The van der Waals surface area contributed by atoms with Crippen LogP contribution in [-0.2, 0) is 70.6 Å². The number of ether oxygens (including phenoxy) is 5. The second-order valence-electron chi connectivity index (χ2n) is 22.3. The predicted octanol–water partition coefficient (Wildman–Crippen LogP) is 14.4. The first kappa shape index (κ1) is 77.2. The molecule has 520 valence electrons. The first-order valence-corrected chi connectivity index (χ1v) is 32.8. The van der Waals surface area contributed by atoms with E-state index in [1.807, 2.05) is 192 Å². The van der Waals surface area contributed by atoms with Gasteiger partial charge in [0.1, 0.15) is 69.5 Å². The minimum atomic E-state index is -0.581. The van der Waals surface area contributed by atoms with Crippen LogP contribution in [0.1, 0.15) is 61.4 Å². The van der Waals surface area contributed by atoms with Gasteiger partial charge in [-0.25, -0.2) is 29.3 Å². The molecule has 0 aliphatic carbocycles. The van der Waals surface area contributed by atoms with Crippen molar-refractivity contribution in [2.75, 3.05) is 42.4 Å². The summed E-state index contributed by atoms with van der Waals surface area (Å²) in [5.74, 6) is 4.95. The lowest BCUT2D eigenvalue weighted by atomic mass is 10.2. The van der Waals surface area contributed by atoms with Gasteiger partial charge in [0, 0.05) is 47.4 Å². The summed E-state index contributed by atoms with van der Waals surface area (Å²) in [4.78, 5) is 59.2. The Kier molecular flexibility index (Phi) is 30.9. The maximum atomic E-state index is 12.5. The number of aromatic nitrogens is 12. The van der Waals surface area contributed by atoms with Crippen LogP contribution in [0.25, 0.3) is 34.2 Å². The minimum absolute atomic E-state index is 0.0319. The monoisotopic (exact) mass is 1500 g/mol. The summed E-state index contributed by atoms with van der Waals surface area (Å²) in [5, 5.41) is 9.50. The van der Waals surface area contributed by atoms with Crippen LogP contribution in [0.2, 0.25) is 5.02 Å². The highest BCUT2D eigenvalue weighted by Gasteiger charge is 2.17. The van der Waals surface area contributed by atoms with E-state index in [4.69, 9.17) is 35.3 Å². The number of methoxy groups -OCH3 is 2. The van der Waals surface area contributed by atoms with Crippen LogP contribution < -0.4 is 14.2 Å². The number of benzene rings is 4. The lowest BCUT2D eigenvalue weighted by Crippen LogP contribution is -2.14. The number of carbonyl (C=O) groups is 2. The number of halogens is 4. The van der Waals surface area contributed by atoms with Gasteiger partial charge in [0.05, 0.1) is 102 Å². The lowest BCUT2D eigenvalue weighted by Gasteiger charge is -2.12. The zero-order valence-electron chi connectivity index (χ0n) is 57.0. The number of carbonyl (C=O) groups excluding carboxylic acids is 2. The first-order valence-electron chi connectivity index (χ1n) is 30.9. The van der Waals surface area contributed by atoms with E-state index in [-0.39, 0.29) is 11.3 Å². The molecule has 4 aromatic carbocycles. The highest BCUT2D eigenvalue weighted by molar-refractivity contribution is 9.10. The normalized spacial score (nSPS) is 10.6. The van der Waals surface area contributed by atoms with Crippen LogP contribution >= 0.6 is 43.5 Å². The zero-order chi connectivity index (χ0) is 71.9. The molecular formula is C74H78Br2ClFN14O8. The SMILES string of the molecule is Brc1ccc(OCc2ccccc2)cn1.CN(C)Cc1ncc(-c2ccc(O)cn2)n1C.CN(C)Cc1ncc(-c2ccc(OCc3ccccc3)cn2)n1C.COC(OC)c1ncc(Br)n1C.Cn1c(-c2ccc(OCc3ccccc3)cn2)cnc1C=O.O=Cc1ccc(Cl)cc1F. The largest absolute Gasteiger partial charge is 0.506 e. The van der Waals surface area contributed by atoms with Gasteiger partial charge in [0.25, 0.3) is 0 Å². The number of hydrogen-bond acceptors (Lipinski definition) is 18. The molecule has 0 spiro atoms. The van der Waals surface area contributed by atoms with E-state index < -0.39 is 12.1 Å². The average molecular weight is 1510 g/mol. The Morgan fingerprint density at radius 3 is 1.27 bits per heavy atom. The second-order valence-corrected chi connectivity index (χ2v) is 24.3. The number of aldehydes is 2.